The topological polar surface area (TPSA) is 114 Å². The van der Waals surface area contributed by atoms with E-state index >= 15 is 0 Å². The summed E-state index contributed by atoms with van der Waals surface area (Å²) in [6.45, 7) is 7.86. The van der Waals surface area contributed by atoms with E-state index < -0.39 is 0 Å². The summed E-state index contributed by atoms with van der Waals surface area (Å²) in [7, 11) is 1.65. The second-order valence-electron chi connectivity index (χ2n) is 13.4. The second kappa shape index (κ2) is 14.6. The van der Waals surface area contributed by atoms with Crippen LogP contribution in [0.25, 0.3) is 0 Å². The van der Waals surface area contributed by atoms with E-state index in [-0.39, 0.29) is 11.9 Å². The molecule has 1 aromatic heterocycles. The van der Waals surface area contributed by atoms with Crippen LogP contribution in [0.15, 0.2) is 91.8 Å². The number of hydrogen-bond donors (Lipinski definition) is 2. The average Bonchev–Trinajstić information content (AvgIpc) is 3.95. The Kier molecular flexibility index (Phi) is 9.44. The van der Waals surface area contributed by atoms with Gasteiger partial charge in [-0.1, -0.05) is 36.9 Å². The van der Waals surface area contributed by atoms with Crippen molar-refractivity contribution < 1.29 is 23.8 Å². The molecule has 0 saturated carbocycles. The Morgan fingerprint density at radius 2 is 1.80 bits per heavy atom. The lowest BCUT2D eigenvalue weighted by Gasteiger charge is -2.41. The van der Waals surface area contributed by atoms with Gasteiger partial charge in [-0.2, -0.15) is 0 Å². The molecule has 4 aromatic rings. The highest BCUT2D eigenvalue weighted by Crippen LogP contribution is 2.42. The summed E-state index contributed by atoms with van der Waals surface area (Å²) >= 11 is 0. The van der Waals surface area contributed by atoms with Gasteiger partial charge in [-0.15, -0.1) is 0 Å². The number of piperidine rings is 1. The molecule has 12 heteroatoms. The third kappa shape index (κ3) is 7.07. The number of rotatable bonds is 11. The van der Waals surface area contributed by atoms with Crippen molar-refractivity contribution in [1.29, 1.82) is 0 Å². The van der Waals surface area contributed by atoms with Gasteiger partial charge >= 0.3 is 0 Å². The second-order valence-corrected chi connectivity index (χ2v) is 13.4. The minimum absolute atomic E-state index is 0.0697. The molecule has 0 unspecified atom stereocenters. The Labute approximate surface area is 297 Å². The van der Waals surface area contributed by atoms with Crippen LogP contribution in [0.4, 0.5) is 28.7 Å². The van der Waals surface area contributed by atoms with E-state index in [0.29, 0.717) is 53.6 Å². The zero-order valence-corrected chi connectivity index (χ0v) is 28.7. The molecule has 0 radical (unpaired) electrons. The number of methoxy groups -OCH3 is 1. The average molecular weight is 690 g/mol. The first-order chi connectivity index (χ1) is 25.0. The van der Waals surface area contributed by atoms with Gasteiger partial charge in [-0.05, 0) is 61.2 Å². The number of fused-ring (bicyclic) bond motifs is 2. The predicted molar refractivity (Wildman–Crippen MR) is 196 cm³/mol. The molecule has 12 nitrogen and oxygen atoms in total. The molecule has 4 aliphatic rings. The quantitative estimate of drug-likeness (QED) is 0.169. The highest BCUT2D eigenvalue weighted by Gasteiger charge is 2.42. The number of carbonyl (C=O) groups is 1. The van der Waals surface area contributed by atoms with E-state index in [1.54, 1.807) is 7.11 Å². The van der Waals surface area contributed by atoms with Gasteiger partial charge in [0.1, 0.15) is 29.4 Å². The lowest BCUT2D eigenvalue weighted by atomic mass is 10.0. The molecule has 3 atom stereocenters. The molecular weight excluding hydrogens is 646 g/mol. The van der Waals surface area contributed by atoms with E-state index in [9.17, 15) is 4.79 Å². The van der Waals surface area contributed by atoms with Crippen molar-refractivity contribution in [2.45, 2.75) is 49.9 Å². The number of aromatic nitrogens is 2. The van der Waals surface area contributed by atoms with Gasteiger partial charge in [-0.25, -0.2) is 15.0 Å². The first kappa shape index (κ1) is 33.0. The third-order valence-corrected chi connectivity index (χ3v) is 10.2. The summed E-state index contributed by atoms with van der Waals surface area (Å²) in [5.74, 6) is 3.04. The number of nitrogens with zero attached hydrogens (tertiary/aromatic N) is 5. The van der Waals surface area contributed by atoms with Crippen LogP contribution in [0.1, 0.15) is 37.3 Å². The lowest BCUT2D eigenvalue weighted by Crippen LogP contribution is -2.49. The Morgan fingerprint density at radius 1 is 0.961 bits per heavy atom. The van der Waals surface area contributed by atoms with E-state index in [0.717, 1.165) is 74.7 Å². The van der Waals surface area contributed by atoms with E-state index in [4.69, 9.17) is 19.0 Å². The van der Waals surface area contributed by atoms with Gasteiger partial charge in [0.15, 0.2) is 5.82 Å². The number of nitrogens with one attached hydrogen (secondary N) is 2. The van der Waals surface area contributed by atoms with Crippen LogP contribution in [-0.4, -0.2) is 78.9 Å². The number of morpholine rings is 1. The maximum Gasteiger partial charge on any atom is 0.247 e. The minimum Gasteiger partial charge on any atom is -0.494 e. The van der Waals surface area contributed by atoms with E-state index in [1.165, 1.54) is 12.4 Å². The van der Waals surface area contributed by atoms with Gasteiger partial charge < -0.3 is 29.7 Å². The van der Waals surface area contributed by atoms with Crippen LogP contribution in [0.2, 0.25) is 0 Å². The molecule has 8 rings (SSSR count). The molecular formula is C39H43N7O5. The van der Waals surface area contributed by atoms with Gasteiger partial charge in [-0.3, -0.25) is 14.5 Å². The van der Waals surface area contributed by atoms with Gasteiger partial charge in [0.25, 0.3) is 0 Å². The van der Waals surface area contributed by atoms with Crippen LogP contribution in [0, 0.1) is 0 Å². The highest BCUT2D eigenvalue weighted by molar-refractivity contribution is 6.02. The van der Waals surface area contributed by atoms with Crippen molar-refractivity contribution in [2.24, 2.45) is 0 Å². The fourth-order valence-corrected chi connectivity index (χ4v) is 7.78. The molecule has 51 heavy (non-hydrogen) atoms. The SMILES string of the molecule is C=CC(=O)Nc1cc(Nc2cc(N3OCC[C@@H]3c3cccc(Oc4ccccc4)c3)ncn2)c(OC)cc1N1CCC(N2C[C@@H]3C[C@H]2CO3)CC1. The molecule has 4 saturated heterocycles. The Bertz CT molecular complexity index is 1870. The molecule has 4 aliphatic heterocycles. The number of ether oxygens (including phenoxy) is 3. The zero-order valence-electron chi connectivity index (χ0n) is 28.7. The minimum atomic E-state index is -0.282. The molecule has 0 aliphatic carbocycles. The maximum absolute atomic E-state index is 12.6. The molecule has 4 fully saturated rings. The molecule has 2 N–H and O–H groups in total. The molecule has 0 spiro atoms. The molecule has 3 aromatic carbocycles. The van der Waals surface area contributed by atoms with Crippen molar-refractivity contribution >= 4 is 34.6 Å². The van der Waals surface area contributed by atoms with Crippen LogP contribution in [-0.2, 0) is 14.4 Å². The number of likely N-dealkylation sites (tertiary alicyclic amines) is 1. The Hall–Kier alpha value is -5.17. The molecule has 2 bridgehead atoms. The normalized spacial score (nSPS) is 21.9. The predicted octanol–water partition coefficient (Wildman–Crippen LogP) is 6.47. The standard InChI is InChI=1S/C39H43N7O5/c1-3-39(47)43-32-20-33(36(48-2)21-35(32)44-15-12-27(13-16-44)45-23-31-19-28(45)24-49-31)42-37-22-38(41-25-40-37)46-34(14-17-50-46)26-8-7-11-30(18-26)51-29-9-5-4-6-10-29/h3-11,18,20-22,25,27-28,31,34H,1,12-17,19,23-24H2,2H3,(H,43,47)(H,40,41,42)/t28-,31-,34+/m0/s1. The van der Waals surface area contributed by atoms with Crippen LogP contribution >= 0.6 is 0 Å². The fraction of sp³-hybridized carbons (Fsp3) is 0.359. The van der Waals surface area contributed by atoms with Crippen molar-refractivity contribution in [3.63, 3.8) is 0 Å². The largest absolute Gasteiger partial charge is 0.494 e. The van der Waals surface area contributed by atoms with Crippen LogP contribution in [0.5, 0.6) is 17.2 Å². The number of hydroxylamine groups is 1. The smallest absolute Gasteiger partial charge is 0.247 e. The number of para-hydroxylation sites is 1. The van der Waals surface area contributed by atoms with Crippen molar-refractivity contribution in [3.05, 3.63) is 97.3 Å². The Balaban J connectivity index is 1.01. The van der Waals surface area contributed by atoms with Crippen LogP contribution < -0.4 is 30.1 Å². The molecule has 1 amide bonds. The van der Waals surface area contributed by atoms with Gasteiger partial charge in [0.05, 0.1) is 49.5 Å². The van der Waals surface area contributed by atoms with E-state index in [1.807, 2.05) is 71.8 Å². The monoisotopic (exact) mass is 689 g/mol. The Morgan fingerprint density at radius 3 is 2.57 bits per heavy atom. The van der Waals surface area contributed by atoms with E-state index in [2.05, 4.69) is 43.0 Å². The fourth-order valence-electron chi connectivity index (χ4n) is 7.78. The van der Waals surface area contributed by atoms with Crippen molar-refractivity contribution in [3.8, 4) is 17.2 Å². The van der Waals surface area contributed by atoms with Gasteiger partial charge in [0.2, 0.25) is 5.91 Å². The first-order valence-corrected chi connectivity index (χ1v) is 17.7. The summed E-state index contributed by atoms with van der Waals surface area (Å²) in [6, 6.07) is 24.5. The number of carbonyl (C=O) groups excluding carboxylic acids is 1. The summed E-state index contributed by atoms with van der Waals surface area (Å²) in [5.41, 5.74) is 3.29. The number of hydrogen-bond acceptors (Lipinski definition) is 11. The number of amides is 1. The van der Waals surface area contributed by atoms with Crippen molar-refractivity contribution in [1.82, 2.24) is 14.9 Å². The number of anilines is 5. The highest BCUT2D eigenvalue weighted by atomic mass is 16.7. The van der Waals surface area contributed by atoms with Crippen molar-refractivity contribution in [2.75, 3.05) is 60.6 Å². The van der Waals surface area contributed by atoms with Gasteiger partial charge in [0, 0.05) is 50.3 Å². The summed E-state index contributed by atoms with van der Waals surface area (Å²) in [4.78, 5) is 32.8. The maximum atomic E-state index is 12.6. The molecule has 5 heterocycles. The molecule has 264 valence electrons. The first-order valence-electron chi connectivity index (χ1n) is 17.7. The van der Waals surface area contributed by atoms with Crippen LogP contribution in [0.3, 0.4) is 0 Å². The summed E-state index contributed by atoms with van der Waals surface area (Å²) in [6.07, 6.45) is 7.22. The lowest BCUT2D eigenvalue weighted by molar-refractivity contribution is -0.111. The number of benzene rings is 3. The third-order valence-electron chi connectivity index (χ3n) is 10.2. The zero-order chi connectivity index (χ0) is 34.7. The summed E-state index contributed by atoms with van der Waals surface area (Å²) < 4.78 is 17.8. The summed E-state index contributed by atoms with van der Waals surface area (Å²) in [5, 5.41) is 8.27.